The third-order valence-corrected chi connectivity index (χ3v) is 2.08. The van der Waals surface area contributed by atoms with Crippen LogP contribution < -0.4 is 0 Å². The first-order valence-corrected chi connectivity index (χ1v) is 4.28. The molecule has 1 N–H and O–H groups in total. The van der Waals surface area contributed by atoms with Gasteiger partial charge in [-0.25, -0.2) is 0 Å². The van der Waals surface area contributed by atoms with Gasteiger partial charge in [0.2, 0.25) is 5.24 Å². The largest absolute Gasteiger partial charge is 0.481 e. The van der Waals surface area contributed by atoms with Gasteiger partial charge in [0.05, 0.1) is 5.92 Å². The maximum absolute atomic E-state index is 10.6. The van der Waals surface area contributed by atoms with Crippen molar-refractivity contribution in [3.63, 3.8) is 0 Å². The zero-order valence-electron chi connectivity index (χ0n) is 7.21. The van der Waals surface area contributed by atoms with Crippen molar-refractivity contribution in [2.45, 2.75) is 26.7 Å². The van der Waals surface area contributed by atoms with Gasteiger partial charge in [0.25, 0.3) is 0 Å². The van der Waals surface area contributed by atoms with Crippen LogP contribution in [-0.2, 0) is 9.59 Å². The average molecular weight is 193 g/mol. The van der Waals surface area contributed by atoms with Crippen molar-refractivity contribution in [1.29, 1.82) is 0 Å². The van der Waals surface area contributed by atoms with Gasteiger partial charge in [0.15, 0.2) is 0 Å². The van der Waals surface area contributed by atoms with Gasteiger partial charge in [0, 0.05) is 6.42 Å². The number of carboxylic acid groups (broad SMARTS) is 1. The minimum atomic E-state index is -0.858. The van der Waals surface area contributed by atoms with Crippen LogP contribution in [0.5, 0.6) is 0 Å². The summed E-state index contributed by atoms with van der Waals surface area (Å²) in [7, 11) is 0. The van der Waals surface area contributed by atoms with Gasteiger partial charge in [0.1, 0.15) is 0 Å². The second kappa shape index (κ2) is 5.14. The number of aliphatic carboxylic acids is 1. The molecule has 0 aromatic heterocycles. The molecule has 0 aliphatic rings. The molecule has 1 unspecified atom stereocenters. The summed E-state index contributed by atoms with van der Waals surface area (Å²) in [4.78, 5) is 21.1. The molecule has 0 rings (SSSR count). The van der Waals surface area contributed by atoms with E-state index in [1.807, 2.05) is 0 Å². The molecule has 0 saturated carbocycles. The van der Waals surface area contributed by atoms with Gasteiger partial charge < -0.3 is 5.11 Å². The lowest BCUT2D eigenvalue weighted by Crippen LogP contribution is -2.22. The van der Waals surface area contributed by atoms with E-state index in [0.29, 0.717) is 6.42 Å². The van der Waals surface area contributed by atoms with E-state index < -0.39 is 17.1 Å². The highest BCUT2D eigenvalue weighted by molar-refractivity contribution is 6.63. The van der Waals surface area contributed by atoms with Crippen LogP contribution in [0.4, 0.5) is 0 Å². The minimum Gasteiger partial charge on any atom is -0.481 e. The van der Waals surface area contributed by atoms with Gasteiger partial charge >= 0.3 is 5.97 Å². The fourth-order valence-corrected chi connectivity index (χ4v) is 1.46. The van der Waals surface area contributed by atoms with Crippen molar-refractivity contribution in [3.05, 3.63) is 0 Å². The van der Waals surface area contributed by atoms with Crippen LogP contribution >= 0.6 is 11.6 Å². The normalized spacial score (nSPS) is 15.2. The molecule has 70 valence electrons. The molecule has 2 atom stereocenters. The molecule has 0 aliphatic heterocycles. The Hall–Kier alpha value is -0.570. The summed E-state index contributed by atoms with van der Waals surface area (Å²) in [6.45, 7) is 3.51. The van der Waals surface area contributed by atoms with E-state index in [2.05, 4.69) is 0 Å². The van der Waals surface area contributed by atoms with E-state index in [-0.39, 0.29) is 12.3 Å². The molecule has 0 bridgehead atoms. The van der Waals surface area contributed by atoms with Crippen molar-refractivity contribution in [2.24, 2.45) is 11.8 Å². The summed E-state index contributed by atoms with van der Waals surface area (Å²) >= 11 is 5.15. The Bertz CT molecular complexity index is 179. The molecule has 0 aliphatic carbocycles. The summed E-state index contributed by atoms with van der Waals surface area (Å²) in [6.07, 6.45) is 0.660. The lowest BCUT2D eigenvalue weighted by molar-refractivity contribution is -0.143. The molecule has 12 heavy (non-hydrogen) atoms. The van der Waals surface area contributed by atoms with Crippen molar-refractivity contribution < 1.29 is 14.7 Å². The quantitative estimate of drug-likeness (QED) is 0.677. The zero-order valence-corrected chi connectivity index (χ0v) is 7.97. The SMILES string of the molecule is CCC(C(=O)O)[C@H](C)CC(=O)Cl. The van der Waals surface area contributed by atoms with Crippen LogP contribution in [-0.4, -0.2) is 16.3 Å². The van der Waals surface area contributed by atoms with E-state index in [4.69, 9.17) is 16.7 Å². The van der Waals surface area contributed by atoms with E-state index in [9.17, 15) is 9.59 Å². The number of hydrogen-bond acceptors (Lipinski definition) is 2. The first kappa shape index (κ1) is 11.4. The number of carbonyl (C=O) groups is 2. The van der Waals surface area contributed by atoms with E-state index in [1.165, 1.54) is 0 Å². The average Bonchev–Trinajstić information content (AvgIpc) is 1.85. The fourth-order valence-electron chi connectivity index (χ4n) is 1.22. The summed E-state index contributed by atoms with van der Waals surface area (Å²) in [5.41, 5.74) is 0. The second-order valence-electron chi connectivity index (χ2n) is 2.89. The Labute approximate surface area is 76.7 Å². The summed E-state index contributed by atoms with van der Waals surface area (Å²) in [6, 6.07) is 0. The standard InChI is InChI=1S/C8H13ClO3/c1-3-6(8(11)12)5(2)4-7(9)10/h5-6H,3-4H2,1-2H3,(H,11,12)/t5-,6?/m1/s1. The van der Waals surface area contributed by atoms with Gasteiger partial charge in [-0.3, -0.25) is 9.59 Å². The molecule has 0 fully saturated rings. The molecular weight excluding hydrogens is 180 g/mol. The van der Waals surface area contributed by atoms with Crippen LogP contribution in [0.25, 0.3) is 0 Å². The Kier molecular flexibility index (Phi) is 4.90. The highest BCUT2D eigenvalue weighted by Gasteiger charge is 2.23. The first-order chi connectivity index (χ1) is 5.49. The molecule has 3 nitrogen and oxygen atoms in total. The second-order valence-corrected chi connectivity index (χ2v) is 3.31. The molecule has 0 amide bonds. The van der Waals surface area contributed by atoms with Gasteiger partial charge in [-0.1, -0.05) is 13.8 Å². The van der Waals surface area contributed by atoms with Crippen molar-refractivity contribution in [2.75, 3.05) is 0 Å². The Morgan fingerprint density at radius 2 is 2.00 bits per heavy atom. The van der Waals surface area contributed by atoms with Crippen LogP contribution in [0.15, 0.2) is 0 Å². The van der Waals surface area contributed by atoms with Gasteiger partial charge in [-0.2, -0.15) is 0 Å². The smallest absolute Gasteiger partial charge is 0.306 e. The number of hydrogen-bond donors (Lipinski definition) is 1. The molecule has 0 aromatic carbocycles. The van der Waals surface area contributed by atoms with Gasteiger partial charge in [-0.05, 0) is 23.9 Å². The van der Waals surface area contributed by atoms with E-state index in [1.54, 1.807) is 13.8 Å². The summed E-state index contributed by atoms with van der Waals surface area (Å²) in [5.74, 6) is -1.51. The van der Waals surface area contributed by atoms with Gasteiger partial charge in [-0.15, -0.1) is 0 Å². The van der Waals surface area contributed by atoms with Crippen LogP contribution in [0.1, 0.15) is 26.7 Å². The molecular formula is C8H13ClO3. The Balaban J connectivity index is 4.11. The highest BCUT2D eigenvalue weighted by Crippen LogP contribution is 2.20. The lowest BCUT2D eigenvalue weighted by Gasteiger charge is -2.16. The number of carbonyl (C=O) groups excluding carboxylic acids is 1. The molecule has 0 spiro atoms. The third kappa shape index (κ3) is 3.72. The zero-order chi connectivity index (χ0) is 9.72. The molecule has 4 heteroatoms. The molecule has 0 heterocycles. The van der Waals surface area contributed by atoms with E-state index >= 15 is 0 Å². The number of carboxylic acids is 1. The summed E-state index contributed by atoms with van der Waals surface area (Å²) in [5, 5.41) is 8.23. The highest BCUT2D eigenvalue weighted by atomic mass is 35.5. The number of rotatable bonds is 5. The van der Waals surface area contributed by atoms with Crippen LogP contribution in [0.3, 0.4) is 0 Å². The lowest BCUT2D eigenvalue weighted by atomic mass is 9.90. The Morgan fingerprint density at radius 3 is 2.25 bits per heavy atom. The maximum Gasteiger partial charge on any atom is 0.306 e. The van der Waals surface area contributed by atoms with Crippen molar-refractivity contribution in [3.8, 4) is 0 Å². The first-order valence-electron chi connectivity index (χ1n) is 3.90. The van der Waals surface area contributed by atoms with Crippen LogP contribution in [0, 0.1) is 11.8 Å². The van der Waals surface area contributed by atoms with Crippen molar-refractivity contribution >= 4 is 22.8 Å². The fraction of sp³-hybridized carbons (Fsp3) is 0.750. The van der Waals surface area contributed by atoms with E-state index in [0.717, 1.165) is 0 Å². The summed E-state index contributed by atoms with van der Waals surface area (Å²) < 4.78 is 0. The topological polar surface area (TPSA) is 54.4 Å². The van der Waals surface area contributed by atoms with Crippen LogP contribution in [0.2, 0.25) is 0 Å². The Morgan fingerprint density at radius 1 is 1.50 bits per heavy atom. The van der Waals surface area contributed by atoms with Crippen molar-refractivity contribution in [1.82, 2.24) is 0 Å². The predicted molar refractivity (Wildman–Crippen MR) is 46.1 cm³/mol. The number of halogens is 1. The molecule has 0 aromatic rings. The molecule has 0 radical (unpaired) electrons. The minimum absolute atomic E-state index is 0.131. The molecule has 0 saturated heterocycles. The monoisotopic (exact) mass is 192 g/mol. The third-order valence-electron chi connectivity index (χ3n) is 1.93. The predicted octanol–water partition coefficient (Wildman–Crippen LogP) is 1.89. The maximum atomic E-state index is 10.6.